The summed E-state index contributed by atoms with van der Waals surface area (Å²) in [5.74, 6) is 0.608. The highest BCUT2D eigenvalue weighted by Gasteiger charge is 2.21. The lowest BCUT2D eigenvalue weighted by Crippen LogP contribution is -2.19. The number of aromatic nitrogens is 4. The van der Waals surface area contributed by atoms with Gasteiger partial charge in [0.2, 0.25) is 5.28 Å². The van der Waals surface area contributed by atoms with Crippen LogP contribution in [-0.4, -0.2) is 26.4 Å². The molecule has 2 aromatic heterocycles. The second-order valence-corrected chi connectivity index (χ2v) is 6.07. The maximum Gasteiger partial charge on any atom is 0.226 e. The number of rotatable bonds is 3. The summed E-state index contributed by atoms with van der Waals surface area (Å²) in [5.41, 5.74) is 7.95. The third kappa shape index (κ3) is 2.88. The average Bonchev–Trinajstić information content (AvgIpc) is 3.01. The number of nitrogens with two attached hydrogens (primary N) is 1. The fourth-order valence-corrected chi connectivity index (χ4v) is 2.99. The first-order chi connectivity index (χ1) is 11.7. The van der Waals surface area contributed by atoms with Crippen LogP contribution in [0.2, 0.25) is 5.28 Å². The van der Waals surface area contributed by atoms with Crippen molar-refractivity contribution in [1.82, 2.24) is 19.7 Å². The quantitative estimate of drug-likeness (QED) is 0.558. The Bertz CT molecular complexity index is 857. The van der Waals surface area contributed by atoms with Gasteiger partial charge in [0, 0.05) is 18.0 Å². The molecule has 1 aromatic carbocycles. The molecule has 0 spiro atoms. The molecule has 0 radical (unpaired) electrons. The van der Waals surface area contributed by atoms with E-state index in [0.717, 1.165) is 36.9 Å². The van der Waals surface area contributed by atoms with Crippen molar-refractivity contribution in [2.75, 3.05) is 17.7 Å². The first kappa shape index (κ1) is 15.2. The summed E-state index contributed by atoms with van der Waals surface area (Å²) >= 11 is 6.12. The van der Waals surface area contributed by atoms with Crippen molar-refractivity contribution in [3.05, 3.63) is 35.7 Å². The third-order valence-corrected chi connectivity index (χ3v) is 4.20. The Morgan fingerprint density at radius 1 is 1.21 bits per heavy atom. The molecule has 1 fully saturated rings. The number of anilines is 3. The van der Waals surface area contributed by atoms with Crippen LogP contribution in [0.4, 0.5) is 17.2 Å². The molecule has 24 heavy (non-hydrogen) atoms. The SMILES string of the molecule is Nc1ccc(Nc2nc(Cl)nc3c2cnn3C2CCCCO2)cc1. The minimum Gasteiger partial charge on any atom is -0.399 e. The van der Waals surface area contributed by atoms with Gasteiger partial charge >= 0.3 is 0 Å². The molecule has 3 heterocycles. The lowest BCUT2D eigenvalue weighted by molar-refractivity contribution is -0.0370. The molecule has 1 unspecified atom stereocenters. The summed E-state index contributed by atoms with van der Waals surface area (Å²) in [6.07, 6.45) is 4.74. The Hall–Kier alpha value is -2.38. The van der Waals surface area contributed by atoms with Gasteiger partial charge in [0.05, 0.1) is 11.6 Å². The van der Waals surface area contributed by atoms with E-state index in [-0.39, 0.29) is 11.5 Å². The van der Waals surface area contributed by atoms with Gasteiger partial charge in [-0.2, -0.15) is 15.1 Å². The van der Waals surface area contributed by atoms with Gasteiger partial charge in [-0.1, -0.05) is 0 Å². The van der Waals surface area contributed by atoms with E-state index < -0.39 is 0 Å². The number of nitrogen functional groups attached to an aromatic ring is 1. The van der Waals surface area contributed by atoms with Crippen LogP contribution in [0.25, 0.3) is 11.0 Å². The van der Waals surface area contributed by atoms with Crippen LogP contribution in [0.15, 0.2) is 30.5 Å². The summed E-state index contributed by atoms with van der Waals surface area (Å²) in [7, 11) is 0. The van der Waals surface area contributed by atoms with Gasteiger partial charge in [0.1, 0.15) is 5.82 Å². The van der Waals surface area contributed by atoms with E-state index in [1.165, 1.54) is 0 Å². The van der Waals surface area contributed by atoms with Gasteiger partial charge in [-0.05, 0) is 55.1 Å². The molecule has 3 aromatic rings. The Kier molecular flexibility index (Phi) is 3.95. The van der Waals surface area contributed by atoms with Crippen LogP contribution in [0.3, 0.4) is 0 Å². The molecule has 3 N–H and O–H groups in total. The number of ether oxygens (including phenoxy) is 1. The first-order valence-electron chi connectivity index (χ1n) is 7.85. The highest BCUT2D eigenvalue weighted by Crippen LogP contribution is 2.30. The van der Waals surface area contributed by atoms with Crippen molar-refractivity contribution in [1.29, 1.82) is 0 Å². The molecule has 8 heteroatoms. The first-order valence-corrected chi connectivity index (χ1v) is 8.23. The van der Waals surface area contributed by atoms with Gasteiger partial charge < -0.3 is 15.8 Å². The van der Waals surface area contributed by atoms with Crippen molar-refractivity contribution in [3.63, 3.8) is 0 Å². The van der Waals surface area contributed by atoms with E-state index in [4.69, 9.17) is 22.1 Å². The summed E-state index contributed by atoms with van der Waals surface area (Å²) in [5, 5.41) is 8.65. The van der Waals surface area contributed by atoms with E-state index in [9.17, 15) is 0 Å². The Morgan fingerprint density at radius 3 is 2.79 bits per heavy atom. The smallest absolute Gasteiger partial charge is 0.226 e. The molecule has 124 valence electrons. The maximum atomic E-state index is 6.12. The van der Waals surface area contributed by atoms with Gasteiger partial charge in [0.25, 0.3) is 0 Å². The highest BCUT2D eigenvalue weighted by atomic mass is 35.5. The number of nitrogens with one attached hydrogen (secondary N) is 1. The minimum absolute atomic E-state index is 0.105. The lowest BCUT2D eigenvalue weighted by Gasteiger charge is -2.23. The van der Waals surface area contributed by atoms with E-state index >= 15 is 0 Å². The minimum atomic E-state index is -0.105. The fourth-order valence-electron chi connectivity index (χ4n) is 2.82. The van der Waals surface area contributed by atoms with Crippen LogP contribution in [0.1, 0.15) is 25.5 Å². The molecule has 1 saturated heterocycles. The monoisotopic (exact) mass is 344 g/mol. The van der Waals surface area contributed by atoms with Gasteiger partial charge in [0.15, 0.2) is 11.9 Å². The van der Waals surface area contributed by atoms with E-state index in [2.05, 4.69) is 20.4 Å². The molecule has 0 bridgehead atoms. The molecule has 0 saturated carbocycles. The molecular formula is C16H17ClN6O. The number of nitrogens with zero attached hydrogens (tertiary/aromatic N) is 4. The topological polar surface area (TPSA) is 90.9 Å². The van der Waals surface area contributed by atoms with Crippen LogP contribution in [0.5, 0.6) is 0 Å². The van der Waals surface area contributed by atoms with E-state index in [1.54, 1.807) is 10.9 Å². The number of hydrogen-bond donors (Lipinski definition) is 2. The van der Waals surface area contributed by atoms with Crippen molar-refractivity contribution in [3.8, 4) is 0 Å². The number of hydrogen-bond acceptors (Lipinski definition) is 6. The van der Waals surface area contributed by atoms with Crippen LogP contribution >= 0.6 is 11.6 Å². The Morgan fingerprint density at radius 2 is 2.04 bits per heavy atom. The second kappa shape index (κ2) is 6.26. The molecule has 0 aliphatic carbocycles. The highest BCUT2D eigenvalue weighted by molar-refractivity contribution is 6.28. The molecule has 1 aliphatic heterocycles. The number of benzene rings is 1. The van der Waals surface area contributed by atoms with Crippen molar-refractivity contribution >= 4 is 39.8 Å². The summed E-state index contributed by atoms with van der Waals surface area (Å²) in [4.78, 5) is 8.64. The van der Waals surface area contributed by atoms with Crippen LogP contribution in [0, 0.1) is 0 Å². The van der Waals surface area contributed by atoms with Crippen LogP contribution in [-0.2, 0) is 4.74 Å². The average molecular weight is 345 g/mol. The summed E-state index contributed by atoms with van der Waals surface area (Å²) < 4.78 is 7.59. The fraction of sp³-hybridized carbons (Fsp3) is 0.312. The molecule has 1 aliphatic rings. The molecular weight excluding hydrogens is 328 g/mol. The zero-order valence-electron chi connectivity index (χ0n) is 12.9. The molecule has 4 rings (SSSR count). The normalized spacial score (nSPS) is 18.0. The van der Waals surface area contributed by atoms with Crippen molar-refractivity contribution < 1.29 is 4.74 Å². The van der Waals surface area contributed by atoms with Crippen molar-refractivity contribution in [2.45, 2.75) is 25.5 Å². The third-order valence-electron chi connectivity index (χ3n) is 4.03. The van der Waals surface area contributed by atoms with Gasteiger partial charge in [-0.15, -0.1) is 0 Å². The van der Waals surface area contributed by atoms with E-state index in [0.29, 0.717) is 17.2 Å². The molecule has 7 nitrogen and oxygen atoms in total. The van der Waals surface area contributed by atoms with Crippen LogP contribution < -0.4 is 11.1 Å². The predicted molar refractivity (Wildman–Crippen MR) is 93.3 cm³/mol. The predicted octanol–water partition coefficient (Wildman–Crippen LogP) is 3.50. The maximum absolute atomic E-state index is 6.12. The molecule has 0 amide bonds. The second-order valence-electron chi connectivity index (χ2n) is 5.74. The van der Waals surface area contributed by atoms with Gasteiger partial charge in [-0.25, -0.2) is 4.68 Å². The number of halogens is 1. The zero-order valence-corrected chi connectivity index (χ0v) is 13.7. The summed E-state index contributed by atoms with van der Waals surface area (Å²) in [6.45, 7) is 0.737. The largest absolute Gasteiger partial charge is 0.399 e. The summed E-state index contributed by atoms with van der Waals surface area (Å²) in [6, 6.07) is 7.40. The zero-order chi connectivity index (χ0) is 16.5. The van der Waals surface area contributed by atoms with Gasteiger partial charge in [-0.3, -0.25) is 0 Å². The lowest BCUT2D eigenvalue weighted by atomic mass is 10.2. The Balaban J connectivity index is 1.73. The number of fused-ring (bicyclic) bond motifs is 1. The van der Waals surface area contributed by atoms with E-state index in [1.807, 2.05) is 24.3 Å². The van der Waals surface area contributed by atoms with Crippen molar-refractivity contribution in [2.24, 2.45) is 0 Å². The Labute approximate surface area is 143 Å². The molecule has 1 atom stereocenters. The standard InChI is InChI=1S/C16H17ClN6O/c17-16-21-14(20-11-6-4-10(18)5-7-11)12-9-19-23(15(12)22-16)13-3-1-2-8-24-13/h4-7,9,13H,1-3,8,18H2,(H,20,21,22).